The number of hydrogen-bond acceptors (Lipinski definition) is 8. The summed E-state index contributed by atoms with van der Waals surface area (Å²) in [7, 11) is -4.77. The van der Waals surface area contributed by atoms with E-state index in [1.165, 1.54) is 11.8 Å². The third-order valence-corrected chi connectivity index (χ3v) is 5.98. The number of aliphatic hydroxyl groups excluding tert-OH is 1. The van der Waals surface area contributed by atoms with E-state index in [2.05, 4.69) is 9.52 Å². The number of halogens is 1. The number of hydrogen-bond donors (Lipinski definition) is 2. The molecule has 2 amide bonds. The molecule has 0 aromatic heterocycles. The first-order valence-electron chi connectivity index (χ1n) is 9.38. The van der Waals surface area contributed by atoms with Crippen molar-refractivity contribution in [2.24, 2.45) is 4.99 Å². The van der Waals surface area contributed by atoms with Crippen molar-refractivity contribution in [2.75, 3.05) is 26.2 Å². The van der Waals surface area contributed by atoms with E-state index in [9.17, 15) is 28.2 Å². The Morgan fingerprint density at radius 2 is 2.20 bits per heavy atom. The lowest BCUT2D eigenvalue weighted by atomic mass is 9.99. The quantitative estimate of drug-likeness (QED) is 0.525. The molecule has 3 atom stereocenters. The van der Waals surface area contributed by atoms with Crippen LogP contribution in [0.2, 0.25) is 0 Å². The fourth-order valence-corrected chi connectivity index (χ4v) is 4.25. The van der Waals surface area contributed by atoms with Gasteiger partial charge in [-0.15, -0.1) is 0 Å². The van der Waals surface area contributed by atoms with Crippen molar-refractivity contribution in [3.63, 3.8) is 0 Å². The number of aliphatic imine (C=N–C) groups is 1. The molecular formula is C17H25FN3O8P. The molecule has 3 unspecified atom stereocenters. The molecule has 1 fully saturated rings. The Balaban J connectivity index is 2.08. The van der Waals surface area contributed by atoms with Crippen molar-refractivity contribution in [1.82, 2.24) is 9.57 Å². The van der Waals surface area contributed by atoms with Crippen LogP contribution >= 0.6 is 7.75 Å². The Morgan fingerprint density at radius 1 is 1.50 bits per heavy atom. The van der Waals surface area contributed by atoms with Crippen molar-refractivity contribution >= 4 is 31.4 Å². The lowest BCUT2D eigenvalue weighted by Crippen LogP contribution is -2.37. The molecule has 0 spiro atoms. The van der Waals surface area contributed by atoms with E-state index in [1.807, 2.05) is 0 Å². The van der Waals surface area contributed by atoms with Crippen LogP contribution in [0.5, 0.6) is 0 Å². The predicted molar refractivity (Wildman–Crippen MR) is 102 cm³/mol. The number of nitrogens with zero attached hydrogens (tertiary/aromatic N) is 3. The summed E-state index contributed by atoms with van der Waals surface area (Å²) in [5, 5.41) is 8.79. The summed E-state index contributed by atoms with van der Waals surface area (Å²) in [5.41, 5.74) is 0.649. The molecule has 1 aliphatic carbocycles. The Labute approximate surface area is 172 Å². The van der Waals surface area contributed by atoms with Gasteiger partial charge in [0.2, 0.25) is 5.91 Å². The number of carbonyl (C=O) groups is 3. The average Bonchev–Trinajstić information content (AvgIpc) is 3.04. The van der Waals surface area contributed by atoms with Crippen molar-refractivity contribution < 1.29 is 42.6 Å². The van der Waals surface area contributed by atoms with Gasteiger partial charge in [-0.1, -0.05) is 13.0 Å². The number of rotatable bonds is 8. The number of amides is 2. The third-order valence-electron chi connectivity index (χ3n) is 4.49. The molecule has 0 bridgehead atoms. The zero-order chi connectivity index (χ0) is 22.5. The second-order valence-electron chi connectivity index (χ2n) is 6.69. The van der Waals surface area contributed by atoms with E-state index in [4.69, 9.17) is 9.84 Å². The smallest absolute Gasteiger partial charge is 0.442 e. The summed E-state index contributed by atoms with van der Waals surface area (Å²) in [6.45, 7) is 1.79. The van der Waals surface area contributed by atoms with Gasteiger partial charge in [0.25, 0.3) is 0 Å². The van der Waals surface area contributed by atoms with Gasteiger partial charge in [0.05, 0.1) is 32.0 Å². The number of carbonyl (C=O) groups excluding carboxylic acids is 3. The largest absolute Gasteiger partial charge is 0.490 e. The third kappa shape index (κ3) is 5.87. The monoisotopic (exact) mass is 449 g/mol. The van der Waals surface area contributed by atoms with Gasteiger partial charge in [0.1, 0.15) is 12.3 Å². The first-order valence-corrected chi connectivity index (χ1v) is 10.9. The van der Waals surface area contributed by atoms with Gasteiger partial charge in [0.15, 0.2) is 0 Å². The Bertz CT molecular complexity index is 802. The zero-order valence-electron chi connectivity index (χ0n) is 16.7. The van der Waals surface area contributed by atoms with Gasteiger partial charge in [-0.05, 0) is 0 Å². The maximum Gasteiger partial charge on any atom is 0.490 e. The number of ether oxygens (including phenoxy) is 1. The van der Waals surface area contributed by atoms with E-state index in [-0.39, 0.29) is 44.7 Å². The van der Waals surface area contributed by atoms with E-state index in [0.29, 0.717) is 10.4 Å². The topological polar surface area (TPSA) is 146 Å². The number of allylic oxidation sites excluding steroid dienone is 2. The molecule has 0 aromatic rings. The molecule has 168 valence electrons. The number of cyclic esters (lactones) is 1. The average molecular weight is 449 g/mol. The van der Waals surface area contributed by atoms with Crippen LogP contribution in [0.1, 0.15) is 33.1 Å². The molecule has 0 aromatic carbocycles. The van der Waals surface area contributed by atoms with Gasteiger partial charge in [-0.3, -0.25) is 24.4 Å². The highest BCUT2D eigenvalue weighted by atomic mass is 31.2. The van der Waals surface area contributed by atoms with Crippen LogP contribution in [0.25, 0.3) is 0 Å². The van der Waals surface area contributed by atoms with Crippen LogP contribution < -0.4 is 0 Å². The molecule has 0 radical (unpaired) electrons. The lowest BCUT2D eigenvalue weighted by Gasteiger charge is -2.27. The molecule has 1 aliphatic heterocycles. The van der Waals surface area contributed by atoms with Gasteiger partial charge >= 0.3 is 19.8 Å². The van der Waals surface area contributed by atoms with Crippen LogP contribution in [0.3, 0.4) is 0 Å². The molecule has 11 nitrogen and oxygen atoms in total. The molecule has 0 saturated carbocycles. The van der Waals surface area contributed by atoms with Crippen LogP contribution in [0.4, 0.5) is 9.18 Å². The summed E-state index contributed by atoms with van der Waals surface area (Å²) in [4.78, 5) is 50.6. The lowest BCUT2D eigenvalue weighted by molar-refractivity contribution is -0.135. The molecular weight excluding hydrogens is 424 g/mol. The minimum Gasteiger partial charge on any atom is -0.442 e. The Hall–Kier alpha value is -2.30. The van der Waals surface area contributed by atoms with Crippen LogP contribution in [0, 0.1) is 0 Å². The van der Waals surface area contributed by atoms with Crippen molar-refractivity contribution in [1.29, 1.82) is 0 Å². The maximum atomic E-state index is 14.3. The van der Waals surface area contributed by atoms with Crippen LogP contribution in [-0.2, 0) is 23.4 Å². The van der Waals surface area contributed by atoms with E-state index in [0.717, 1.165) is 6.92 Å². The number of aliphatic hydroxyl groups is 1. The molecule has 2 N–H and O–H groups in total. The summed E-state index contributed by atoms with van der Waals surface area (Å²) in [6.07, 6.45) is -1.66. The summed E-state index contributed by atoms with van der Waals surface area (Å²) in [6, 6.07) is 0. The molecule has 30 heavy (non-hydrogen) atoms. The second kappa shape index (κ2) is 10.1. The maximum absolute atomic E-state index is 14.3. The molecule has 13 heteroatoms. The molecule has 1 heterocycles. The fourth-order valence-electron chi connectivity index (χ4n) is 3.01. The fraction of sp³-hybridized carbons (Fsp3) is 0.647. The normalized spacial score (nSPS) is 24.8. The van der Waals surface area contributed by atoms with Gasteiger partial charge in [0, 0.05) is 31.9 Å². The molecule has 2 aliphatic rings. The highest BCUT2D eigenvalue weighted by Crippen LogP contribution is 2.47. The zero-order valence-corrected chi connectivity index (χ0v) is 17.6. The first kappa shape index (κ1) is 24.0. The highest BCUT2D eigenvalue weighted by molar-refractivity contribution is 7.51. The molecule has 1 saturated heterocycles. The number of alkyl halides is 1. The van der Waals surface area contributed by atoms with E-state index < -0.39 is 44.5 Å². The minimum atomic E-state index is -4.77. The van der Waals surface area contributed by atoms with E-state index >= 15 is 0 Å². The van der Waals surface area contributed by atoms with Gasteiger partial charge in [-0.2, -0.15) is 0 Å². The van der Waals surface area contributed by atoms with Crippen molar-refractivity contribution in [3.8, 4) is 0 Å². The standard InChI is InChI=1S/C17H25FN3O8P/c1-3-16(24)29-30(26,27)21(11(2)23)10-13-9-20(17(25)28-13)12-4-5-15(14(18)8-12)19-6-7-22/h4,13-14,22H,3,5-10H2,1-2H3,(H,26,27). The highest BCUT2D eigenvalue weighted by Gasteiger charge is 2.42. The van der Waals surface area contributed by atoms with E-state index in [1.54, 1.807) is 6.08 Å². The Morgan fingerprint density at radius 3 is 2.77 bits per heavy atom. The van der Waals surface area contributed by atoms with Crippen molar-refractivity contribution in [2.45, 2.75) is 45.4 Å². The SMILES string of the molecule is CCC(=O)OP(=O)(O)N(CC1CN(C2=CCC(=NCCO)C(F)C2)C(=O)O1)C(C)=O. The predicted octanol–water partition coefficient (Wildman–Crippen LogP) is 1.16. The van der Waals surface area contributed by atoms with Crippen LogP contribution in [-0.4, -0.2) is 81.8 Å². The Kier molecular flexibility index (Phi) is 8.10. The summed E-state index contributed by atoms with van der Waals surface area (Å²) < 4.78 is 36.7. The summed E-state index contributed by atoms with van der Waals surface area (Å²) >= 11 is 0. The summed E-state index contributed by atoms with van der Waals surface area (Å²) in [5.74, 6) is -1.80. The second-order valence-corrected chi connectivity index (χ2v) is 8.34. The van der Waals surface area contributed by atoms with Gasteiger partial charge in [-0.25, -0.2) is 18.4 Å². The molecule has 2 rings (SSSR count). The van der Waals surface area contributed by atoms with Crippen molar-refractivity contribution in [3.05, 3.63) is 11.8 Å². The van der Waals surface area contributed by atoms with Gasteiger partial charge < -0.3 is 14.4 Å². The van der Waals surface area contributed by atoms with Crippen LogP contribution in [0.15, 0.2) is 16.8 Å². The first-order chi connectivity index (χ1) is 14.1. The minimum absolute atomic E-state index is 0.0774.